The molecule has 0 spiro atoms. The zero-order valence-corrected chi connectivity index (χ0v) is 10.4. The second-order valence-corrected chi connectivity index (χ2v) is 4.60. The van der Waals surface area contributed by atoms with E-state index >= 15 is 0 Å². The van der Waals surface area contributed by atoms with Gasteiger partial charge in [0.2, 0.25) is 0 Å². The van der Waals surface area contributed by atoms with Gasteiger partial charge in [-0.15, -0.1) is 0 Å². The van der Waals surface area contributed by atoms with Crippen LogP contribution in [0.2, 0.25) is 0 Å². The van der Waals surface area contributed by atoms with Gasteiger partial charge in [-0.3, -0.25) is 4.98 Å². The van der Waals surface area contributed by atoms with Crippen LogP contribution in [0.15, 0.2) is 30.5 Å². The number of aromatic nitrogens is 1. The number of fused-ring (bicyclic) bond motifs is 1. The van der Waals surface area contributed by atoms with Crippen molar-refractivity contribution in [2.45, 2.75) is 25.8 Å². The summed E-state index contributed by atoms with van der Waals surface area (Å²) in [6, 6.07) is 4.58. The maximum absolute atomic E-state index is 5.46. The van der Waals surface area contributed by atoms with Gasteiger partial charge in [-0.05, 0) is 31.4 Å². The van der Waals surface area contributed by atoms with Crippen molar-refractivity contribution >= 4 is 0 Å². The van der Waals surface area contributed by atoms with Gasteiger partial charge >= 0.3 is 0 Å². The van der Waals surface area contributed by atoms with Gasteiger partial charge in [0.1, 0.15) is 0 Å². The number of rotatable bonds is 6. The van der Waals surface area contributed by atoms with E-state index in [1.807, 2.05) is 19.2 Å². The van der Waals surface area contributed by atoms with Crippen LogP contribution in [0.1, 0.15) is 30.6 Å². The number of pyridine rings is 1. The molecule has 17 heavy (non-hydrogen) atoms. The predicted octanol–water partition coefficient (Wildman–Crippen LogP) is 2.25. The summed E-state index contributed by atoms with van der Waals surface area (Å²) in [6.07, 6.45) is 4.15. The molecule has 1 N–H and O–H groups in total. The largest absolute Gasteiger partial charge is 0.376 e. The first-order valence-corrected chi connectivity index (χ1v) is 6.16. The molecule has 1 aromatic rings. The quantitative estimate of drug-likeness (QED) is 0.603. The minimum atomic E-state index is 0.402. The summed E-state index contributed by atoms with van der Waals surface area (Å²) in [7, 11) is 0. The van der Waals surface area contributed by atoms with Gasteiger partial charge in [0.25, 0.3) is 0 Å². The summed E-state index contributed by atoms with van der Waals surface area (Å²) >= 11 is 0. The molecular formula is C14H20N2O. The minimum absolute atomic E-state index is 0.402. The van der Waals surface area contributed by atoms with E-state index in [4.69, 9.17) is 4.74 Å². The van der Waals surface area contributed by atoms with E-state index in [0.29, 0.717) is 12.6 Å². The fourth-order valence-electron chi connectivity index (χ4n) is 2.16. The zero-order chi connectivity index (χ0) is 12.1. The van der Waals surface area contributed by atoms with Crippen molar-refractivity contribution in [3.8, 4) is 0 Å². The van der Waals surface area contributed by atoms with Crippen LogP contribution in [-0.4, -0.2) is 24.7 Å². The van der Waals surface area contributed by atoms with Crippen LogP contribution in [0.5, 0.6) is 0 Å². The van der Waals surface area contributed by atoms with Gasteiger partial charge in [-0.1, -0.05) is 18.2 Å². The Morgan fingerprint density at radius 2 is 2.53 bits per heavy atom. The molecule has 0 saturated carbocycles. The first kappa shape index (κ1) is 12.3. The van der Waals surface area contributed by atoms with Crippen molar-refractivity contribution in [3.63, 3.8) is 0 Å². The Morgan fingerprint density at radius 1 is 1.65 bits per heavy atom. The maximum atomic E-state index is 5.46. The van der Waals surface area contributed by atoms with E-state index in [1.54, 1.807) is 0 Å². The molecule has 0 aromatic carbocycles. The van der Waals surface area contributed by atoms with E-state index in [2.05, 4.69) is 22.9 Å². The fraction of sp³-hybridized carbons (Fsp3) is 0.500. The molecule has 0 bridgehead atoms. The third-order valence-electron chi connectivity index (χ3n) is 2.94. The lowest BCUT2D eigenvalue weighted by Crippen LogP contribution is -2.24. The molecule has 1 aromatic heterocycles. The van der Waals surface area contributed by atoms with Crippen LogP contribution in [0.4, 0.5) is 0 Å². The van der Waals surface area contributed by atoms with Crippen molar-refractivity contribution in [2.75, 3.05) is 19.8 Å². The Bertz CT molecular complexity index is 390. The summed E-state index contributed by atoms with van der Waals surface area (Å²) in [4.78, 5) is 4.45. The lowest BCUT2D eigenvalue weighted by atomic mass is 10.2. The molecule has 1 unspecified atom stereocenters. The summed E-state index contributed by atoms with van der Waals surface area (Å²) < 4.78 is 5.46. The molecule has 0 aliphatic heterocycles. The van der Waals surface area contributed by atoms with Crippen molar-refractivity contribution in [1.29, 1.82) is 0 Å². The summed E-state index contributed by atoms with van der Waals surface area (Å²) in [5.74, 6) is 0. The van der Waals surface area contributed by atoms with E-state index in [9.17, 15) is 0 Å². The second-order valence-electron chi connectivity index (χ2n) is 4.60. The van der Waals surface area contributed by atoms with Gasteiger partial charge in [-0.2, -0.15) is 0 Å². The molecule has 1 aliphatic carbocycles. The van der Waals surface area contributed by atoms with Crippen LogP contribution < -0.4 is 5.32 Å². The Balaban J connectivity index is 1.73. The number of ether oxygens (including phenoxy) is 1. The van der Waals surface area contributed by atoms with Gasteiger partial charge in [0.15, 0.2) is 0 Å². The summed E-state index contributed by atoms with van der Waals surface area (Å²) in [5.41, 5.74) is 3.66. The maximum Gasteiger partial charge on any atom is 0.0672 e. The van der Waals surface area contributed by atoms with Crippen LogP contribution in [-0.2, 0) is 11.2 Å². The highest BCUT2D eigenvalue weighted by Crippen LogP contribution is 2.28. The third-order valence-corrected chi connectivity index (χ3v) is 2.94. The first-order chi connectivity index (χ1) is 8.27. The van der Waals surface area contributed by atoms with Crippen molar-refractivity contribution in [2.24, 2.45) is 0 Å². The highest BCUT2D eigenvalue weighted by Gasteiger charge is 2.22. The lowest BCUT2D eigenvalue weighted by Gasteiger charge is -2.13. The normalized spacial score (nSPS) is 18.1. The highest BCUT2D eigenvalue weighted by atomic mass is 16.5. The number of aryl methyl sites for hydroxylation is 1. The Hall–Kier alpha value is -1.19. The number of hydrogen-bond acceptors (Lipinski definition) is 3. The average molecular weight is 232 g/mol. The van der Waals surface area contributed by atoms with E-state index < -0.39 is 0 Å². The molecule has 2 rings (SSSR count). The fourth-order valence-corrected chi connectivity index (χ4v) is 2.16. The SMILES string of the molecule is C=C(C)COCCNC1CCc2cccnc21. The van der Waals surface area contributed by atoms with E-state index in [1.165, 1.54) is 11.3 Å². The van der Waals surface area contributed by atoms with Crippen molar-refractivity contribution < 1.29 is 4.74 Å². The molecule has 0 radical (unpaired) electrons. The van der Waals surface area contributed by atoms with Gasteiger partial charge < -0.3 is 10.1 Å². The van der Waals surface area contributed by atoms with Crippen molar-refractivity contribution in [3.05, 3.63) is 41.7 Å². The predicted molar refractivity (Wildman–Crippen MR) is 68.9 cm³/mol. The number of nitrogens with one attached hydrogen (secondary N) is 1. The van der Waals surface area contributed by atoms with Crippen molar-refractivity contribution in [1.82, 2.24) is 10.3 Å². The van der Waals surface area contributed by atoms with Crippen LogP contribution in [0.25, 0.3) is 0 Å². The standard InChI is InChI=1S/C14H20N2O/c1-11(2)10-17-9-8-15-13-6-5-12-4-3-7-16-14(12)13/h3-4,7,13,15H,1,5-6,8-10H2,2H3. The number of hydrogen-bond donors (Lipinski definition) is 1. The summed E-state index contributed by atoms with van der Waals surface area (Å²) in [5, 5.41) is 3.49. The second kappa shape index (κ2) is 5.94. The molecule has 92 valence electrons. The van der Waals surface area contributed by atoms with Gasteiger partial charge in [0, 0.05) is 12.7 Å². The van der Waals surface area contributed by atoms with Crippen LogP contribution in [0.3, 0.4) is 0 Å². The lowest BCUT2D eigenvalue weighted by molar-refractivity contribution is 0.155. The molecule has 1 aliphatic rings. The zero-order valence-electron chi connectivity index (χ0n) is 10.4. The Kier molecular flexibility index (Phi) is 4.29. The molecule has 0 fully saturated rings. The molecule has 0 amide bonds. The van der Waals surface area contributed by atoms with E-state index in [-0.39, 0.29) is 0 Å². The first-order valence-electron chi connectivity index (χ1n) is 6.16. The van der Waals surface area contributed by atoms with Gasteiger partial charge in [0.05, 0.1) is 24.9 Å². The molecular weight excluding hydrogens is 212 g/mol. The Labute approximate surface area is 103 Å². The number of nitrogens with zero attached hydrogens (tertiary/aromatic N) is 1. The summed E-state index contributed by atoms with van der Waals surface area (Å²) in [6.45, 7) is 8.03. The highest BCUT2D eigenvalue weighted by molar-refractivity contribution is 5.27. The molecule has 0 saturated heterocycles. The van der Waals surface area contributed by atoms with E-state index in [0.717, 1.165) is 31.6 Å². The smallest absolute Gasteiger partial charge is 0.0672 e. The Morgan fingerprint density at radius 3 is 3.35 bits per heavy atom. The molecule has 1 atom stereocenters. The minimum Gasteiger partial charge on any atom is -0.376 e. The van der Waals surface area contributed by atoms with Gasteiger partial charge in [-0.25, -0.2) is 0 Å². The van der Waals surface area contributed by atoms with Crippen LogP contribution in [0, 0.1) is 0 Å². The average Bonchev–Trinajstić information content (AvgIpc) is 2.72. The topological polar surface area (TPSA) is 34.1 Å². The molecule has 3 heteroatoms. The van der Waals surface area contributed by atoms with Crippen LogP contribution >= 0.6 is 0 Å². The third kappa shape index (κ3) is 3.38. The monoisotopic (exact) mass is 232 g/mol. The molecule has 1 heterocycles. The molecule has 3 nitrogen and oxygen atoms in total.